The second-order valence-electron chi connectivity index (χ2n) is 4.75. The van der Waals surface area contributed by atoms with Gasteiger partial charge < -0.3 is 9.57 Å². The molecule has 0 aliphatic carbocycles. The van der Waals surface area contributed by atoms with Crippen molar-refractivity contribution in [2.24, 2.45) is 5.16 Å². The first-order chi connectivity index (χ1) is 11.3. The summed E-state index contributed by atoms with van der Waals surface area (Å²) in [7, 11) is 1.54. The summed E-state index contributed by atoms with van der Waals surface area (Å²) in [4.78, 5) is 19.2. The molecule has 0 aromatic carbocycles. The molecule has 0 N–H and O–H groups in total. The average molecular weight is 344 g/mol. The number of hydrogen-bond donors (Lipinski definition) is 0. The van der Waals surface area contributed by atoms with Crippen molar-refractivity contribution in [3.05, 3.63) is 36.4 Å². The zero-order valence-electron chi connectivity index (χ0n) is 12.2. The Morgan fingerprint density at radius 2 is 2.22 bits per heavy atom. The minimum absolute atomic E-state index is 0.598. The number of hydrogen-bond acceptors (Lipinski definition) is 8. The minimum atomic E-state index is 0.598. The number of rotatable bonds is 3. The minimum Gasteiger partial charge on any atom is -0.482 e. The molecule has 0 amide bonds. The Balaban J connectivity index is 1.70. The second-order valence-corrected chi connectivity index (χ2v) is 6.74. The predicted octanol–water partition coefficient (Wildman–Crippen LogP) is 3.46. The molecule has 0 saturated carbocycles. The molecule has 0 fully saturated rings. The van der Waals surface area contributed by atoms with Crippen molar-refractivity contribution in [3.8, 4) is 25.5 Å². The average Bonchev–Trinajstić information content (AvgIpc) is 3.23. The van der Waals surface area contributed by atoms with Crippen molar-refractivity contribution in [2.45, 2.75) is 6.42 Å². The molecule has 0 spiro atoms. The molecule has 0 unspecified atom stereocenters. The lowest BCUT2D eigenvalue weighted by Gasteiger charge is -2.12. The van der Waals surface area contributed by atoms with Gasteiger partial charge in [-0.3, -0.25) is 4.98 Å². The first kappa shape index (κ1) is 14.3. The monoisotopic (exact) mass is 344 g/mol. The van der Waals surface area contributed by atoms with Gasteiger partial charge in [0.05, 0.1) is 11.5 Å². The number of thiazole rings is 2. The highest BCUT2D eigenvalue weighted by Crippen LogP contribution is 2.40. The summed E-state index contributed by atoms with van der Waals surface area (Å²) in [6.07, 6.45) is 6.10. The molecular weight excluding hydrogens is 332 g/mol. The molecule has 4 rings (SSSR count). The first-order valence-electron chi connectivity index (χ1n) is 6.96. The third-order valence-corrected chi connectivity index (χ3v) is 5.45. The van der Waals surface area contributed by atoms with E-state index in [9.17, 15) is 0 Å². The van der Waals surface area contributed by atoms with Crippen LogP contribution in [0.2, 0.25) is 0 Å². The van der Waals surface area contributed by atoms with Crippen molar-refractivity contribution in [2.75, 3.05) is 13.7 Å². The van der Waals surface area contributed by atoms with Gasteiger partial charge in [-0.25, -0.2) is 9.97 Å². The molecule has 0 radical (unpaired) electrons. The van der Waals surface area contributed by atoms with Crippen LogP contribution in [0.25, 0.3) is 20.5 Å². The fraction of sp³-hybridized carbons (Fsp3) is 0.200. The summed E-state index contributed by atoms with van der Waals surface area (Å²) in [5, 5.41) is 6.64. The number of oxime groups is 1. The summed E-state index contributed by atoms with van der Waals surface area (Å²) in [5.74, 6) is 0. The SMILES string of the molecule is CON=C1CCOc2sc(-c3cnc(-c4cccnc4)s3)nc21. The summed E-state index contributed by atoms with van der Waals surface area (Å²) in [6.45, 7) is 0.598. The van der Waals surface area contributed by atoms with Crippen molar-refractivity contribution < 1.29 is 9.57 Å². The van der Waals surface area contributed by atoms with Crippen LogP contribution in [-0.2, 0) is 4.84 Å². The van der Waals surface area contributed by atoms with E-state index in [1.165, 1.54) is 11.3 Å². The Bertz CT molecular complexity index is 858. The smallest absolute Gasteiger partial charge is 0.204 e. The van der Waals surface area contributed by atoms with Gasteiger partial charge in [-0.15, -0.1) is 11.3 Å². The predicted molar refractivity (Wildman–Crippen MR) is 90.1 cm³/mol. The Kier molecular flexibility index (Phi) is 3.76. The van der Waals surface area contributed by atoms with E-state index in [1.54, 1.807) is 24.6 Å². The highest BCUT2D eigenvalue weighted by atomic mass is 32.1. The number of ether oxygens (including phenoxy) is 1. The molecule has 0 atom stereocenters. The third kappa shape index (κ3) is 2.71. The largest absolute Gasteiger partial charge is 0.482 e. The van der Waals surface area contributed by atoms with Gasteiger partial charge in [0, 0.05) is 30.6 Å². The lowest BCUT2D eigenvalue weighted by Crippen LogP contribution is -2.15. The summed E-state index contributed by atoms with van der Waals surface area (Å²) < 4.78 is 5.69. The van der Waals surface area contributed by atoms with Gasteiger partial charge in [-0.05, 0) is 12.1 Å². The molecule has 1 aliphatic heterocycles. The van der Waals surface area contributed by atoms with Gasteiger partial charge in [-0.2, -0.15) is 0 Å². The number of fused-ring (bicyclic) bond motifs is 1. The standard InChI is InChI=1S/C15H12N4O2S2/c1-20-19-10-4-6-21-15-12(10)18-14(23-15)11-8-17-13(22-11)9-3-2-5-16-7-9/h2-3,5,7-8H,4,6H2,1H3. The first-order valence-corrected chi connectivity index (χ1v) is 8.59. The Morgan fingerprint density at radius 3 is 3.04 bits per heavy atom. The molecule has 3 aromatic rings. The van der Waals surface area contributed by atoms with Crippen molar-refractivity contribution >= 4 is 28.4 Å². The van der Waals surface area contributed by atoms with Crippen LogP contribution in [0.4, 0.5) is 0 Å². The molecular formula is C15H12N4O2S2. The van der Waals surface area contributed by atoms with Gasteiger partial charge in [0.15, 0.2) is 0 Å². The normalized spacial score (nSPS) is 15.3. The summed E-state index contributed by atoms with van der Waals surface area (Å²) in [5.41, 5.74) is 2.60. The molecule has 3 aromatic heterocycles. The quantitative estimate of drug-likeness (QED) is 0.681. The fourth-order valence-corrected chi connectivity index (χ4v) is 4.15. The van der Waals surface area contributed by atoms with E-state index in [4.69, 9.17) is 9.57 Å². The Hall–Kier alpha value is -2.32. The van der Waals surface area contributed by atoms with Gasteiger partial charge >= 0.3 is 0 Å². The van der Waals surface area contributed by atoms with Gasteiger partial charge in [-0.1, -0.05) is 16.5 Å². The van der Waals surface area contributed by atoms with Crippen molar-refractivity contribution in [3.63, 3.8) is 0 Å². The molecule has 0 saturated heterocycles. The van der Waals surface area contributed by atoms with Gasteiger partial charge in [0.25, 0.3) is 0 Å². The Labute approximate surface area is 140 Å². The fourth-order valence-electron chi connectivity index (χ4n) is 2.25. The van der Waals surface area contributed by atoms with E-state index in [2.05, 4.69) is 20.1 Å². The molecule has 0 bridgehead atoms. The van der Waals surface area contributed by atoms with E-state index >= 15 is 0 Å². The van der Waals surface area contributed by atoms with E-state index in [0.717, 1.165) is 36.9 Å². The van der Waals surface area contributed by atoms with Gasteiger partial charge in [0.1, 0.15) is 28.5 Å². The van der Waals surface area contributed by atoms with Crippen molar-refractivity contribution in [1.29, 1.82) is 0 Å². The van der Waals surface area contributed by atoms with Crippen LogP contribution in [0, 0.1) is 0 Å². The van der Waals surface area contributed by atoms with Crippen LogP contribution in [-0.4, -0.2) is 34.4 Å². The molecule has 23 heavy (non-hydrogen) atoms. The topological polar surface area (TPSA) is 69.5 Å². The molecule has 8 heteroatoms. The van der Waals surface area contributed by atoms with Gasteiger partial charge in [0.2, 0.25) is 5.06 Å². The van der Waals surface area contributed by atoms with Crippen LogP contribution in [0.1, 0.15) is 12.1 Å². The maximum atomic E-state index is 5.69. The summed E-state index contributed by atoms with van der Waals surface area (Å²) in [6, 6.07) is 3.90. The maximum absolute atomic E-state index is 5.69. The zero-order chi connectivity index (χ0) is 15.6. The van der Waals surface area contributed by atoms with E-state index in [0.29, 0.717) is 13.0 Å². The lowest BCUT2D eigenvalue weighted by molar-refractivity contribution is 0.210. The molecule has 4 heterocycles. The maximum Gasteiger partial charge on any atom is 0.204 e. The van der Waals surface area contributed by atoms with Crippen LogP contribution >= 0.6 is 22.7 Å². The highest BCUT2D eigenvalue weighted by Gasteiger charge is 2.24. The van der Waals surface area contributed by atoms with Crippen LogP contribution in [0.15, 0.2) is 35.9 Å². The van der Waals surface area contributed by atoms with E-state index < -0.39 is 0 Å². The number of pyridine rings is 1. The molecule has 1 aliphatic rings. The second kappa shape index (κ2) is 6.05. The van der Waals surface area contributed by atoms with Crippen LogP contribution in [0.5, 0.6) is 5.06 Å². The third-order valence-electron chi connectivity index (χ3n) is 3.27. The Morgan fingerprint density at radius 1 is 1.26 bits per heavy atom. The molecule has 116 valence electrons. The molecule has 6 nitrogen and oxygen atoms in total. The lowest BCUT2D eigenvalue weighted by atomic mass is 10.2. The summed E-state index contributed by atoms with van der Waals surface area (Å²) >= 11 is 3.10. The number of nitrogens with zero attached hydrogens (tertiary/aromatic N) is 4. The zero-order valence-corrected chi connectivity index (χ0v) is 13.9. The van der Waals surface area contributed by atoms with Crippen molar-refractivity contribution in [1.82, 2.24) is 15.0 Å². The van der Waals surface area contributed by atoms with E-state index in [-0.39, 0.29) is 0 Å². The van der Waals surface area contributed by atoms with Crippen LogP contribution < -0.4 is 4.74 Å². The van der Waals surface area contributed by atoms with Crippen LogP contribution in [0.3, 0.4) is 0 Å². The van der Waals surface area contributed by atoms with E-state index in [1.807, 2.05) is 24.5 Å². The highest BCUT2D eigenvalue weighted by molar-refractivity contribution is 7.24. The number of aromatic nitrogens is 3.